The molecule has 0 aliphatic carbocycles. The molecule has 0 aromatic heterocycles. The van der Waals surface area contributed by atoms with Gasteiger partial charge in [-0.25, -0.2) is 0 Å². The Kier molecular flexibility index (Phi) is 16.8. The van der Waals surface area contributed by atoms with E-state index in [1.165, 1.54) is 12.5 Å². The van der Waals surface area contributed by atoms with Crippen molar-refractivity contribution in [1.82, 2.24) is 0 Å². The lowest BCUT2D eigenvalue weighted by atomic mass is 10.6. The van der Waals surface area contributed by atoms with Gasteiger partial charge in [0, 0.05) is 20.6 Å². The van der Waals surface area contributed by atoms with E-state index in [0.29, 0.717) is 5.88 Å². The molecule has 0 amide bonds. The Morgan fingerprint density at radius 3 is 1.91 bits per heavy atom. The fourth-order valence-electron chi connectivity index (χ4n) is 0.485. The van der Waals surface area contributed by atoms with Gasteiger partial charge in [0.25, 0.3) is 0 Å². The quantitative estimate of drug-likeness (QED) is 0.381. The van der Waals surface area contributed by atoms with Crippen LogP contribution in [0.3, 0.4) is 0 Å². The summed E-state index contributed by atoms with van der Waals surface area (Å²) in [4.78, 5) is 0. The third-order valence-corrected chi connectivity index (χ3v) is 3.07. The van der Waals surface area contributed by atoms with E-state index in [9.17, 15) is 0 Å². The van der Waals surface area contributed by atoms with Gasteiger partial charge >= 0.3 is 0 Å². The van der Waals surface area contributed by atoms with Gasteiger partial charge in [0.1, 0.15) is 0 Å². The minimum absolute atomic E-state index is 0.273. The highest BCUT2D eigenvalue weighted by atomic mass is 35.5. The van der Waals surface area contributed by atoms with Crippen molar-refractivity contribution in [2.75, 3.05) is 11.8 Å². The van der Waals surface area contributed by atoms with Crippen molar-refractivity contribution >= 4 is 32.0 Å². The molecule has 0 N–H and O–H groups in total. The van der Waals surface area contributed by atoms with Crippen molar-refractivity contribution in [3.63, 3.8) is 0 Å². The lowest BCUT2D eigenvalue weighted by molar-refractivity contribution is 1.07. The molecule has 0 aliphatic heterocycles. The van der Waals surface area contributed by atoms with Crippen molar-refractivity contribution in [1.29, 1.82) is 0 Å². The molecule has 0 aromatic rings. The molecule has 0 saturated heterocycles. The normalized spacial score (nSPS) is 8.82. The highest BCUT2D eigenvalue weighted by Crippen LogP contribution is 1.97. The summed E-state index contributed by atoms with van der Waals surface area (Å²) in [5.74, 6) is 1.41. The smallest absolute Gasteiger partial charge is 0.0401 e. The number of hydrogen-bond acceptors (Lipinski definition) is 0. The first kappa shape index (κ1) is 14.1. The van der Waals surface area contributed by atoms with Gasteiger partial charge in [0.2, 0.25) is 0 Å². The van der Waals surface area contributed by atoms with Crippen molar-refractivity contribution in [3.8, 4) is 0 Å². The van der Waals surface area contributed by atoms with Crippen LogP contribution in [0.2, 0.25) is 19.1 Å². The molecule has 0 aromatic carbocycles. The van der Waals surface area contributed by atoms with Crippen molar-refractivity contribution < 1.29 is 0 Å². The topological polar surface area (TPSA) is 0 Å². The largest absolute Gasteiger partial charge is 0.127 e. The Bertz CT molecular complexity index is 74.5. The van der Waals surface area contributed by atoms with E-state index in [1.54, 1.807) is 6.08 Å². The van der Waals surface area contributed by atoms with Gasteiger partial charge in [-0.3, -0.25) is 0 Å². The van der Waals surface area contributed by atoms with Crippen molar-refractivity contribution in [3.05, 3.63) is 12.7 Å². The predicted octanol–water partition coefficient (Wildman–Crippen LogP) is 3.51. The van der Waals surface area contributed by atoms with Gasteiger partial charge in [-0.1, -0.05) is 25.2 Å². The maximum Gasteiger partial charge on any atom is 0.0401 e. The van der Waals surface area contributed by atoms with E-state index in [2.05, 4.69) is 19.7 Å². The molecule has 11 heavy (non-hydrogen) atoms. The van der Waals surface area contributed by atoms with E-state index in [-0.39, 0.29) is 8.80 Å². The Balaban J connectivity index is 0. The van der Waals surface area contributed by atoms with E-state index in [4.69, 9.17) is 23.2 Å². The first-order valence-corrected chi connectivity index (χ1v) is 8.11. The lowest BCUT2D eigenvalue weighted by Crippen LogP contribution is -1.97. The standard InChI is InChI=1S/C5H13ClSi.C3H5Cl/c1-7(2)5-3-4-6;1-2-3-4/h7H,3-5H2,1-2H3;2H,1,3H2. The molecule has 0 saturated carbocycles. The first-order chi connectivity index (χ1) is 5.18. The van der Waals surface area contributed by atoms with Gasteiger partial charge in [0.15, 0.2) is 0 Å². The second-order valence-corrected chi connectivity index (χ2v) is 6.72. The molecule has 0 spiro atoms. The molecular formula is C8H18Cl2Si. The Labute approximate surface area is 82.2 Å². The monoisotopic (exact) mass is 212 g/mol. The van der Waals surface area contributed by atoms with Crippen LogP contribution in [0.1, 0.15) is 6.42 Å². The molecule has 0 fully saturated rings. The summed E-state index contributed by atoms with van der Waals surface area (Å²) in [6.07, 6.45) is 2.87. The molecule has 0 bridgehead atoms. The summed E-state index contributed by atoms with van der Waals surface area (Å²) in [6, 6.07) is 1.41. The van der Waals surface area contributed by atoms with Gasteiger partial charge in [-0.15, -0.1) is 29.8 Å². The second-order valence-electron chi connectivity index (χ2n) is 2.67. The highest BCUT2D eigenvalue weighted by Gasteiger charge is 1.91. The molecule has 3 heteroatoms. The fourth-order valence-corrected chi connectivity index (χ4v) is 1.92. The van der Waals surface area contributed by atoms with E-state index >= 15 is 0 Å². The molecule has 0 nitrogen and oxygen atoms in total. The van der Waals surface area contributed by atoms with Gasteiger partial charge < -0.3 is 0 Å². The maximum absolute atomic E-state index is 5.47. The van der Waals surface area contributed by atoms with Gasteiger partial charge in [0.05, 0.1) is 0 Å². The van der Waals surface area contributed by atoms with Crippen LogP contribution >= 0.6 is 23.2 Å². The molecule has 0 radical (unpaired) electrons. The van der Waals surface area contributed by atoms with Crippen LogP contribution in [-0.2, 0) is 0 Å². The second kappa shape index (κ2) is 13.2. The Hall–Kier alpha value is 0.537. The van der Waals surface area contributed by atoms with Crippen LogP contribution in [0.25, 0.3) is 0 Å². The Morgan fingerprint density at radius 1 is 1.36 bits per heavy atom. The zero-order chi connectivity index (χ0) is 9.11. The molecule has 0 heterocycles. The molecule has 0 atom stereocenters. The molecule has 0 rings (SSSR count). The van der Waals surface area contributed by atoms with Crippen LogP contribution in [0, 0.1) is 0 Å². The minimum atomic E-state index is -0.273. The number of halogens is 2. The van der Waals surface area contributed by atoms with Crippen LogP contribution in [0.15, 0.2) is 12.7 Å². The zero-order valence-corrected chi connectivity index (χ0v) is 10.1. The minimum Gasteiger partial charge on any atom is -0.127 e. The van der Waals surface area contributed by atoms with Crippen LogP contribution < -0.4 is 0 Å². The van der Waals surface area contributed by atoms with E-state index in [0.717, 1.165) is 5.88 Å². The molecular weight excluding hydrogens is 195 g/mol. The third-order valence-electron chi connectivity index (χ3n) is 1.02. The first-order valence-electron chi connectivity index (χ1n) is 3.91. The van der Waals surface area contributed by atoms with Crippen LogP contribution in [0.4, 0.5) is 0 Å². The van der Waals surface area contributed by atoms with Gasteiger partial charge in [-0.05, 0) is 6.42 Å². The summed E-state index contributed by atoms with van der Waals surface area (Å²) in [6.45, 7) is 8.05. The summed E-state index contributed by atoms with van der Waals surface area (Å²) < 4.78 is 0. The summed E-state index contributed by atoms with van der Waals surface area (Å²) in [5, 5.41) is 0. The van der Waals surface area contributed by atoms with E-state index < -0.39 is 0 Å². The SMILES string of the molecule is C=CCCl.C[SiH](C)CCCCl. The van der Waals surface area contributed by atoms with Gasteiger partial charge in [-0.2, -0.15) is 0 Å². The van der Waals surface area contributed by atoms with E-state index in [1.807, 2.05) is 0 Å². The number of rotatable bonds is 4. The third kappa shape index (κ3) is 25.0. The average Bonchev–Trinajstić information content (AvgIpc) is 2.01. The van der Waals surface area contributed by atoms with Crippen LogP contribution in [-0.4, -0.2) is 20.6 Å². The number of hydrogen-bond donors (Lipinski definition) is 0. The Morgan fingerprint density at radius 2 is 1.82 bits per heavy atom. The predicted molar refractivity (Wildman–Crippen MR) is 59.9 cm³/mol. The maximum atomic E-state index is 5.47. The molecule has 0 unspecified atom stereocenters. The summed E-state index contributed by atoms with van der Waals surface area (Å²) >= 11 is 10.5. The summed E-state index contributed by atoms with van der Waals surface area (Å²) in [5.41, 5.74) is 0. The lowest BCUT2D eigenvalue weighted by Gasteiger charge is -1.96. The number of alkyl halides is 2. The zero-order valence-electron chi connectivity index (χ0n) is 7.45. The highest BCUT2D eigenvalue weighted by molar-refractivity contribution is 6.55. The van der Waals surface area contributed by atoms with Crippen molar-refractivity contribution in [2.45, 2.75) is 25.6 Å². The summed E-state index contributed by atoms with van der Waals surface area (Å²) in [7, 11) is -0.273. The van der Waals surface area contributed by atoms with Crippen molar-refractivity contribution in [2.24, 2.45) is 0 Å². The molecule has 68 valence electrons. The molecule has 0 aliphatic rings. The van der Waals surface area contributed by atoms with Crippen LogP contribution in [0.5, 0.6) is 0 Å². The number of allylic oxidation sites excluding steroid dienone is 1. The fraction of sp³-hybridized carbons (Fsp3) is 0.750. The average molecular weight is 213 g/mol.